The zero-order valence-corrected chi connectivity index (χ0v) is 14.0. The lowest BCUT2D eigenvalue weighted by Crippen LogP contribution is -2.40. The first-order valence-electron chi connectivity index (χ1n) is 8.17. The highest BCUT2D eigenvalue weighted by molar-refractivity contribution is 6.13. The van der Waals surface area contributed by atoms with Crippen LogP contribution in [0.3, 0.4) is 0 Å². The largest absolute Gasteiger partial charge is 0.340 e. The van der Waals surface area contributed by atoms with Crippen molar-refractivity contribution in [2.45, 2.75) is 19.4 Å². The number of amides is 2. The highest BCUT2D eigenvalue weighted by atomic mass is 16.2. The quantitative estimate of drug-likeness (QED) is 0.855. The summed E-state index contributed by atoms with van der Waals surface area (Å²) < 4.78 is 0. The summed E-state index contributed by atoms with van der Waals surface area (Å²) >= 11 is 0. The van der Waals surface area contributed by atoms with Crippen molar-refractivity contribution in [1.29, 1.82) is 5.26 Å². The Morgan fingerprint density at radius 1 is 1.12 bits per heavy atom. The van der Waals surface area contributed by atoms with Crippen LogP contribution in [-0.4, -0.2) is 23.8 Å². The first-order valence-corrected chi connectivity index (χ1v) is 8.17. The van der Waals surface area contributed by atoms with Crippen molar-refractivity contribution in [2.24, 2.45) is 5.41 Å². The van der Waals surface area contributed by atoms with Crippen LogP contribution in [0.4, 0.5) is 5.69 Å². The molecule has 2 amide bonds. The number of nitrogens with one attached hydrogen (secondary N) is 1. The standard InChI is InChI=1S/C20H19N3O2/c1-23(14-15-7-3-2-4-8-15)19(25)20(11-12-20)18(24)22-17-10-6-5-9-16(17)13-21/h2-10H,11-12,14H2,1H3,(H,22,24). The van der Waals surface area contributed by atoms with E-state index in [1.807, 2.05) is 36.4 Å². The SMILES string of the molecule is CN(Cc1ccccc1)C(=O)C1(C(=O)Nc2ccccc2C#N)CC1. The number of anilines is 1. The fourth-order valence-electron chi connectivity index (χ4n) is 2.89. The van der Waals surface area contributed by atoms with E-state index in [1.54, 1.807) is 36.2 Å². The van der Waals surface area contributed by atoms with E-state index in [4.69, 9.17) is 5.26 Å². The third kappa shape index (κ3) is 3.38. The normalized spacial score (nSPS) is 14.2. The van der Waals surface area contributed by atoms with Gasteiger partial charge in [0.1, 0.15) is 11.5 Å². The maximum Gasteiger partial charge on any atom is 0.240 e. The van der Waals surface area contributed by atoms with Crippen molar-refractivity contribution in [1.82, 2.24) is 4.90 Å². The van der Waals surface area contributed by atoms with Gasteiger partial charge in [-0.1, -0.05) is 42.5 Å². The summed E-state index contributed by atoms with van der Waals surface area (Å²) in [7, 11) is 1.71. The van der Waals surface area contributed by atoms with E-state index in [2.05, 4.69) is 5.32 Å². The van der Waals surface area contributed by atoms with E-state index < -0.39 is 5.41 Å². The van der Waals surface area contributed by atoms with Gasteiger partial charge in [-0.15, -0.1) is 0 Å². The number of para-hydroxylation sites is 1. The van der Waals surface area contributed by atoms with Gasteiger partial charge in [0.2, 0.25) is 11.8 Å². The van der Waals surface area contributed by atoms with Gasteiger partial charge in [0, 0.05) is 13.6 Å². The molecule has 5 nitrogen and oxygen atoms in total. The van der Waals surface area contributed by atoms with E-state index in [1.165, 1.54) is 0 Å². The number of hydrogen-bond acceptors (Lipinski definition) is 3. The fraction of sp³-hybridized carbons (Fsp3) is 0.250. The monoisotopic (exact) mass is 333 g/mol. The lowest BCUT2D eigenvalue weighted by molar-refractivity contribution is -0.141. The van der Waals surface area contributed by atoms with Crippen LogP contribution in [0.1, 0.15) is 24.0 Å². The second-order valence-corrected chi connectivity index (χ2v) is 6.34. The molecule has 2 aromatic rings. The van der Waals surface area contributed by atoms with Crippen LogP contribution in [0, 0.1) is 16.7 Å². The molecule has 5 heteroatoms. The molecule has 1 aliphatic carbocycles. The third-order valence-electron chi connectivity index (χ3n) is 4.50. The summed E-state index contributed by atoms with van der Waals surface area (Å²) in [5.74, 6) is -0.511. The van der Waals surface area contributed by atoms with Crippen LogP contribution in [0.5, 0.6) is 0 Å². The Bertz CT molecular complexity index is 836. The topological polar surface area (TPSA) is 73.2 Å². The average Bonchev–Trinajstić information content (AvgIpc) is 3.44. The minimum Gasteiger partial charge on any atom is -0.340 e. The van der Waals surface area contributed by atoms with Gasteiger partial charge in [-0.2, -0.15) is 5.26 Å². The van der Waals surface area contributed by atoms with Crippen molar-refractivity contribution >= 4 is 17.5 Å². The van der Waals surface area contributed by atoms with Crippen LogP contribution < -0.4 is 5.32 Å². The van der Waals surface area contributed by atoms with Crippen LogP contribution in [0.25, 0.3) is 0 Å². The second kappa shape index (κ2) is 6.78. The van der Waals surface area contributed by atoms with Crippen LogP contribution in [-0.2, 0) is 16.1 Å². The zero-order chi connectivity index (χ0) is 17.9. The van der Waals surface area contributed by atoms with Gasteiger partial charge in [-0.3, -0.25) is 9.59 Å². The molecule has 0 aliphatic heterocycles. The van der Waals surface area contributed by atoms with E-state index >= 15 is 0 Å². The van der Waals surface area contributed by atoms with Crippen LogP contribution >= 0.6 is 0 Å². The Morgan fingerprint density at radius 2 is 1.76 bits per heavy atom. The average molecular weight is 333 g/mol. The van der Waals surface area contributed by atoms with Crippen LogP contribution in [0.2, 0.25) is 0 Å². The molecule has 0 aromatic heterocycles. The molecule has 0 spiro atoms. The molecule has 0 heterocycles. The molecule has 1 fully saturated rings. The number of rotatable bonds is 5. The minimum absolute atomic E-state index is 0.178. The molecule has 25 heavy (non-hydrogen) atoms. The van der Waals surface area contributed by atoms with E-state index in [0.717, 1.165) is 5.56 Å². The Morgan fingerprint density at radius 3 is 2.40 bits per heavy atom. The fourth-order valence-corrected chi connectivity index (χ4v) is 2.89. The van der Waals surface area contributed by atoms with E-state index in [0.29, 0.717) is 30.6 Å². The molecule has 1 aliphatic rings. The van der Waals surface area contributed by atoms with Gasteiger partial charge >= 0.3 is 0 Å². The molecule has 1 N–H and O–H groups in total. The molecule has 0 bridgehead atoms. The molecule has 3 rings (SSSR count). The van der Waals surface area contributed by atoms with Gasteiger partial charge in [0.15, 0.2) is 0 Å². The number of nitriles is 1. The van der Waals surface area contributed by atoms with Gasteiger partial charge in [-0.05, 0) is 30.5 Å². The first kappa shape index (κ1) is 16.7. The van der Waals surface area contributed by atoms with Gasteiger partial charge in [-0.25, -0.2) is 0 Å². The lowest BCUT2D eigenvalue weighted by atomic mass is 10.0. The van der Waals surface area contributed by atoms with Crippen LogP contribution in [0.15, 0.2) is 54.6 Å². The Hall–Kier alpha value is -3.13. The summed E-state index contributed by atoms with van der Waals surface area (Å²) in [6.07, 6.45) is 1.07. The van der Waals surface area contributed by atoms with Gasteiger partial charge in [0.25, 0.3) is 0 Å². The maximum absolute atomic E-state index is 12.8. The summed E-state index contributed by atoms with van der Waals surface area (Å²) in [6.45, 7) is 0.462. The Labute approximate surface area is 146 Å². The van der Waals surface area contributed by atoms with Crippen molar-refractivity contribution in [3.05, 3.63) is 65.7 Å². The molecule has 0 atom stereocenters. The molecule has 1 saturated carbocycles. The molecular weight excluding hydrogens is 314 g/mol. The second-order valence-electron chi connectivity index (χ2n) is 6.34. The molecular formula is C20H19N3O2. The lowest BCUT2D eigenvalue weighted by Gasteiger charge is -2.23. The number of benzene rings is 2. The molecule has 2 aromatic carbocycles. The zero-order valence-electron chi connectivity index (χ0n) is 14.0. The van der Waals surface area contributed by atoms with E-state index in [9.17, 15) is 9.59 Å². The number of hydrogen-bond donors (Lipinski definition) is 1. The Balaban J connectivity index is 1.71. The maximum atomic E-state index is 12.8. The molecule has 0 radical (unpaired) electrons. The number of carbonyl (C=O) groups is 2. The summed E-state index contributed by atoms with van der Waals surface area (Å²) in [5.41, 5.74) is 0.840. The summed E-state index contributed by atoms with van der Waals surface area (Å²) in [6, 6.07) is 18.5. The van der Waals surface area contributed by atoms with Crippen molar-refractivity contribution in [3.8, 4) is 6.07 Å². The minimum atomic E-state index is -1.01. The first-order chi connectivity index (χ1) is 12.1. The predicted octanol–water partition coefficient (Wildman–Crippen LogP) is 2.94. The van der Waals surface area contributed by atoms with Crippen molar-refractivity contribution in [3.63, 3.8) is 0 Å². The highest BCUT2D eigenvalue weighted by Gasteiger charge is 2.57. The van der Waals surface area contributed by atoms with Crippen molar-refractivity contribution in [2.75, 3.05) is 12.4 Å². The smallest absolute Gasteiger partial charge is 0.240 e. The number of nitrogens with zero attached hydrogens (tertiary/aromatic N) is 2. The third-order valence-corrected chi connectivity index (χ3v) is 4.50. The summed E-state index contributed by atoms with van der Waals surface area (Å²) in [5, 5.41) is 11.9. The molecule has 0 saturated heterocycles. The van der Waals surface area contributed by atoms with Crippen molar-refractivity contribution < 1.29 is 9.59 Å². The molecule has 126 valence electrons. The van der Waals surface area contributed by atoms with Gasteiger partial charge in [0.05, 0.1) is 11.3 Å². The van der Waals surface area contributed by atoms with E-state index in [-0.39, 0.29) is 11.8 Å². The predicted molar refractivity (Wildman–Crippen MR) is 94.4 cm³/mol. The van der Waals surface area contributed by atoms with Gasteiger partial charge < -0.3 is 10.2 Å². The summed E-state index contributed by atoms with van der Waals surface area (Å²) in [4.78, 5) is 27.1. The highest BCUT2D eigenvalue weighted by Crippen LogP contribution is 2.48. The molecule has 0 unspecified atom stereocenters. The number of carbonyl (C=O) groups excluding carboxylic acids is 2. The Kier molecular flexibility index (Phi) is 4.53.